The lowest BCUT2D eigenvalue weighted by atomic mass is 9.82. The number of hydrogen-bond donors (Lipinski definition) is 4. The average Bonchev–Trinajstić information content (AvgIpc) is 3.34. The Hall–Kier alpha value is -1.65. The zero-order valence-electron chi connectivity index (χ0n) is 17.6. The van der Waals surface area contributed by atoms with E-state index >= 15 is 0 Å². The molecule has 0 aromatic carbocycles. The van der Waals surface area contributed by atoms with E-state index in [1.807, 2.05) is 11.3 Å². The van der Waals surface area contributed by atoms with Crippen LogP contribution < -0.4 is 16.9 Å². The quantitative estimate of drug-likeness (QED) is 0.377. The number of likely N-dealkylation sites (tertiary alicyclic amines) is 1. The number of carbonyl (C=O) groups is 1. The van der Waals surface area contributed by atoms with Crippen LogP contribution in [0.15, 0.2) is 18.0 Å². The Morgan fingerprint density at radius 1 is 1.50 bits per heavy atom. The van der Waals surface area contributed by atoms with Gasteiger partial charge in [-0.25, -0.2) is 5.84 Å². The molecule has 6 N–H and O–H groups in total. The highest BCUT2D eigenvalue weighted by atomic mass is 32.1. The van der Waals surface area contributed by atoms with Crippen LogP contribution in [0.1, 0.15) is 41.5 Å². The third-order valence-electron chi connectivity index (χ3n) is 6.53. The second-order valence-electron chi connectivity index (χ2n) is 8.56. The van der Waals surface area contributed by atoms with E-state index in [-0.39, 0.29) is 24.2 Å². The molecule has 2 fully saturated rings. The number of aliphatic hydroxyl groups is 1. The highest BCUT2D eigenvalue weighted by molar-refractivity contribution is 7.12. The minimum atomic E-state index is -0.495. The zero-order chi connectivity index (χ0) is 21.3. The summed E-state index contributed by atoms with van der Waals surface area (Å²) in [4.78, 5) is 17.3. The molecule has 4 rings (SSSR count). The van der Waals surface area contributed by atoms with Crippen molar-refractivity contribution in [2.24, 2.45) is 11.6 Å². The maximum Gasteiger partial charge on any atom is 0.244 e. The fourth-order valence-electron chi connectivity index (χ4n) is 4.82. The summed E-state index contributed by atoms with van der Waals surface area (Å²) in [5.41, 5.74) is 8.14. The standard InChI is InChI=1S/C21H33N5O3S/c1-2-16-10-17-19(30-16)3-8-29-21(17)4-6-25(7-5-21)11-14(22)12-26(23)18-9-15(13-27)24-20(18)28/h10,12,15,18,27H,2-9,11,13,22-23H2,1H3,(H,24,28)/b14-12-. The van der Waals surface area contributed by atoms with Gasteiger partial charge in [-0.2, -0.15) is 0 Å². The van der Waals surface area contributed by atoms with Gasteiger partial charge < -0.3 is 25.9 Å². The number of nitrogens with zero attached hydrogens (tertiary/aromatic N) is 2. The van der Waals surface area contributed by atoms with Gasteiger partial charge >= 0.3 is 0 Å². The molecule has 1 aromatic rings. The van der Waals surface area contributed by atoms with Gasteiger partial charge in [-0.15, -0.1) is 11.3 Å². The van der Waals surface area contributed by atoms with Gasteiger partial charge in [-0.3, -0.25) is 9.69 Å². The number of fused-ring (bicyclic) bond motifs is 2. The van der Waals surface area contributed by atoms with Crippen molar-refractivity contribution in [2.75, 3.05) is 32.8 Å². The van der Waals surface area contributed by atoms with Crippen LogP contribution in [-0.4, -0.2) is 65.9 Å². The number of nitrogens with one attached hydrogen (secondary N) is 1. The van der Waals surface area contributed by atoms with E-state index in [4.69, 9.17) is 16.3 Å². The first kappa shape index (κ1) is 21.6. The van der Waals surface area contributed by atoms with Gasteiger partial charge in [0.1, 0.15) is 6.04 Å². The minimum absolute atomic E-state index is 0.0849. The van der Waals surface area contributed by atoms with E-state index in [0.29, 0.717) is 18.7 Å². The van der Waals surface area contributed by atoms with Crippen LogP contribution in [0.4, 0.5) is 0 Å². The Morgan fingerprint density at radius 2 is 2.27 bits per heavy atom. The maximum atomic E-state index is 12.0. The molecule has 166 valence electrons. The molecule has 8 nitrogen and oxygen atoms in total. The summed E-state index contributed by atoms with van der Waals surface area (Å²) in [5.74, 6) is 5.90. The predicted octanol–water partition coefficient (Wildman–Crippen LogP) is 0.400. The number of hydrazine groups is 1. The third-order valence-corrected chi connectivity index (χ3v) is 7.87. The molecule has 3 aliphatic heterocycles. The molecule has 0 bridgehead atoms. The first-order valence-corrected chi connectivity index (χ1v) is 11.6. The number of aliphatic hydroxyl groups excluding tert-OH is 1. The molecule has 30 heavy (non-hydrogen) atoms. The molecule has 3 aliphatic rings. The molecule has 2 unspecified atom stereocenters. The van der Waals surface area contributed by atoms with E-state index in [9.17, 15) is 9.90 Å². The SMILES string of the molecule is CCc1cc2c(s1)CCOC21CCN(C/C(N)=C/N(N)C2CC(CO)NC2=O)CC1. The van der Waals surface area contributed by atoms with Crippen molar-refractivity contribution >= 4 is 17.2 Å². The third kappa shape index (κ3) is 4.22. The first-order chi connectivity index (χ1) is 14.4. The van der Waals surface area contributed by atoms with Gasteiger partial charge in [-0.05, 0) is 30.9 Å². The summed E-state index contributed by atoms with van der Waals surface area (Å²) in [7, 11) is 0. The van der Waals surface area contributed by atoms with Crippen molar-refractivity contribution in [1.82, 2.24) is 15.2 Å². The molecular weight excluding hydrogens is 402 g/mol. The summed E-state index contributed by atoms with van der Waals surface area (Å²) in [6.45, 7) is 5.36. The van der Waals surface area contributed by atoms with E-state index in [2.05, 4.69) is 23.2 Å². The largest absolute Gasteiger partial charge is 0.400 e. The number of piperidine rings is 1. The fourth-order valence-corrected chi connectivity index (χ4v) is 6.00. The number of carbonyl (C=O) groups excluding carboxylic acids is 1. The zero-order valence-corrected chi connectivity index (χ0v) is 18.4. The van der Waals surface area contributed by atoms with E-state index in [1.54, 1.807) is 6.20 Å². The summed E-state index contributed by atoms with van der Waals surface area (Å²) < 4.78 is 6.35. The van der Waals surface area contributed by atoms with Crippen molar-refractivity contribution in [2.45, 2.75) is 56.7 Å². The number of nitrogens with two attached hydrogens (primary N) is 2. The molecule has 1 spiro atoms. The molecule has 9 heteroatoms. The number of rotatable bonds is 6. The van der Waals surface area contributed by atoms with Crippen molar-refractivity contribution in [1.29, 1.82) is 0 Å². The number of aryl methyl sites for hydroxylation is 1. The van der Waals surface area contributed by atoms with Crippen LogP contribution in [0.3, 0.4) is 0 Å². The summed E-state index contributed by atoms with van der Waals surface area (Å²) >= 11 is 1.94. The van der Waals surface area contributed by atoms with E-state index < -0.39 is 6.04 Å². The van der Waals surface area contributed by atoms with Crippen LogP contribution in [0.2, 0.25) is 0 Å². The molecule has 4 heterocycles. The minimum Gasteiger partial charge on any atom is -0.400 e. The lowest BCUT2D eigenvalue weighted by molar-refractivity contribution is -0.123. The Kier molecular flexibility index (Phi) is 6.36. The highest BCUT2D eigenvalue weighted by Gasteiger charge is 2.42. The predicted molar refractivity (Wildman–Crippen MR) is 116 cm³/mol. The van der Waals surface area contributed by atoms with Crippen LogP contribution >= 0.6 is 11.3 Å². The molecule has 0 saturated carbocycles. The molecule has 0 aliphatic carbocycles. The normalized spacial score (nSPS) is 26.6. The van der Waals surface area contributed by atoms with Crippen molar-refractivity contribution in [3.63, 3.8) is 0 Å². The Morgan fingerprint density at radius 3 is 2.93 bits per heavy atom. The molecule has 2 atom stereocenters. The number of ether oxygens (including phenoxy) is 1. The Labute approximate surface area is 181 Å². The number of hydrogen-bond acceptors (Lipinski definition) is 8. The van der Waals surface area contributed by atoms with Crippen LogP contribution in [0, 0.1) is 0 Å². The lowest BCUT2D eigenvalue weighted by Gasteiger charge is -2.44. The second kappa shape index (κ2) is 8.84. The number of thiophene rings is 1. The van der Waals surface area contributed by atoms with Gasteiger partial charge in [-0.1, -0.05) is 6.92 Å². The van der Waals surface area contributed by atoms with E-state index in [1.165, 1.54) is 20.3 Å². The average molecular weight is 436 g/mol. The van der Waals surface area contributed by atoms with Crippen molar-refractivity contribution in [3.8, 4) is 0 Å². The first-order valence-electron chi connectivity index (χ1n) is 10.8. The summed E-state index contributed by atoms with van der Waals surface area (Å²) in [6.07, 6.45) is 6.15. The van der Waals surface area contributed by atoms with Crippen molar-refractivity contribution in [3.05, 3.63) is 33.3 Å². The van der Waals surface area contributed by atoms with Crippen LogP contribution in [0.5, 0.6) is 0 Å². The number of amides is 1. The smallest absolute Gasteiger partial charge is 0.244 e. The van der Waals surface area contributed by atoms with Crippen molar-refractivity contribution < 1.29 is 14.6 Å². The molecule has 2 saturated heterocycles. The summed E-state index contributed by atoms with van der Waals surface area (Å²) in [6, 6.07) is 1.62. The van der Waals surface area contributed by atoms with Crippen LogP contribution in [-0.2, 0) is 28.0 Å². The van der Waals surface area contributed by atoms with Gasteiger partial charge in [0.05, 0.1) is 24.9 Å². The maximum absolute atomic E-state index is 12.0. The molecule has 0 radical (unpaired) electrons. The van der Waals surface area contributed by atoms with Gasteiger partial charge in [0, 0.05) is 54.1 Å². The van der Waals surface area contributed by atoms with E-state index in [0.717, 1.165) is 45.4 Å². The van der Waals surface area contributed by atoms with Crippen LogP contribution in [0.25, 0.3) is 0 Å². The Bertz CT molecular complexity index is 803. The van der Waals surface area contributed by atoms with Gasteiger partial charge in [0.25, 0.3) is 0 Å². The topological polar surface area (TPSA) is 117 Å². The monoisotopic (exact) mass is 435 g/mol. The Balaban J connectivity index is 1.35. The molecular formula is C21H33N5O3S. The van der Waals surface area contributed by atoms with Gasteiger partial charge in [0.15, 0.2) is 0 Å². The fraction of sp³-hybridized carbons (Fsp3) is 0.667. The van der Waals surface area contributed by atoms with Gasteiger partial charge in [0.2, 0.25) is 5.91 Å². The lowest BCUT2D eigenvalue weighted by Crippen LogP contribution is -2.47. The highest BCUT2D eigenvalue weighted by Crippen LogP contribution is 2.44. The molecule has 1 amide bonds. The summed E-state index contributed by atoms with van der Waals surface area (Å²) in [5, 5.41) is 13.3. The molecule has 1 aromatic heterocycles. The second-order valence-corrected chi connectivity index (χ2v) is 9.78.